The van der Waals surface area contributed by atoms with Gasteiger partial charge in [0.1, 0.15) is 11.9 Å². The standard InChI is InChI=1S/C17H19ClFN3O2.HI/c1-11(24-16-6-4-3-5-14(16)19)10-21-17(20)22-12-7-8-15(23-2)13(18)9-12;/h3-9,11H,10H2,1-2H3,(H3,20,21,22);1H. The lowest BCUT2D eigenvalue weighted by atomic mass is 10.3. The number of ether oxygens (including phenoxy) is 2. The van der Waals surface area contributed by atoms with Gasteiger partial charge in [-0.2, -0.15) is 0 Å². The Hall–Kier alpha value is -1.74. The van der Waals surface area contributed by atoms with Crippen LogP contribution in [0, 0.1) is 5.82 Å². The number of anilines is 1. The fourth-order valence-corrected chi connectivity index (χ4v) is 2.21. The number of halogens is 3. The summed E-state index contributed by atoms with van der Waals surface area (Å²) in [5.41, 5.74) is 6.52. The highest BCUT2D eigenvalue weighted by Crippen LogP contribution is 2.27. The second kappa shape index (κ2) is 10.3. The van der Waals surface area contributed by atoms with E-state index in [0.29, 0.717) is 16.5 Å². The van der Waals surface area contributed by atoms with Crippen molar-refractivity contribution < 1.29 is 13.9 Å². The maximum absolute atomic E-state index is 13.5. The lowest BCUT2D eigenvalue weighted by molar-refractivity contribution is 0.220. The van der Waals surface area contributed by atoms with E-state index in [2.05, 4.69) is 10.3 Å². The minimum atomic E-state index is -0.410. The molecular weight excluding hydrogens is 460 g/mol. The van der Waals surface area contributed by atoms with Crippen molar-refractivity contribution in [3.05, 3.63) is 53.3 Å². The Bertz CT molecular complexity index is 731. The molecule has 136 valence electrons. The zero-order valence-electron chi connectivity index (χ0n) is 13.8. The third-order valence-electron chi connectivity index (χ3n) is 3.11. The number of rotatable bonds is 6. The minimum absolute atomic E-state index is 0. The van der Waals surface area contributed by atoms with Crippen LogP contribution >= 0.6 is 35.6 Å². The first-order valence-corrected chi connectivity index (χ1v) is 7.69. The smallest absolute Gasteiger partial charge is 0.193 e. The van der Waals surface area contributed by atoms with Crippen molar-refractivity contribution in [2.45, 2.75) is 13.0 Å². The predicted molar refractivity (Wildman–Crippen MR) is 110 cm³/mol. The molecule has 0 spiro atoms. The number of hydrogen-bond acceptors (Lipinski definition) is 3. The fraction of sp³-hybridized carbons (Fsp3) is 0.235. The van der Waals surface area contributed by atoms with E-state index in [1.165, 1.54) is 6.07 Å². The summed E-state index contributed by atoms with van der Waals surface area (Å²) >= 11 is 6.04. The summed E-state index contributed by atoms with van der Waals surface area (Å²) in [6.45, 7) is 2.06. The number of methoxy groups -OCH3 is 1. The summed E-state index contributed by atoms with van der Waals surface area (Å²) in [4.78, 5) is 4.18. The van der Waals surface area contributed by atoms with E-state index in [4.69, 9.17) is 26.8 Å². The molecule has 2 rings (SSSR count). The van der Waals surface area contributed by atoms with Gasteiger partial charge in [-0.25, -0.2) is 9.38 Å². The van der Waals surface area contributed by atoms with Crippen molar-refractivity contribution in [2.24, 2.45) is 10.7 Å². The number of nitrogens with two attached hydrogens (primary N) is 1. The molecule has 1 atom stereocenters. The van der Waals surface area contributed by atoms with Crippen LogP contribution in [0.1, 0.15) is 6.92 Å². The monoisotopic (exact) mass is 479 g/mol. The number of nitrogens with one attached hydrogen (secondary N) is 1. The van der Waals surface area contributed by atoms with Gasteiger partial charge in [-0.3, -0.25) is 0 Å². The SMILES string of the molecule is COc1ccc(NC(N)=NCC(C)Oc2ccccc2F)cc1Cl.I. The maximum atomic E-state index is 13.5. The molecule has 3 N–H and O–H groups in total. The summed E-state index contributed by atoms with van der Waals surface area (Å²) < 4.78 is 24.1. The third kappa shape index (κ3) is 6.58. The molecule has 0 radical (unpaired) electrons. The molecule has 2 aromatic rings. The second-order valence-corrected chi connectivity index (χ2v) is 5.47. The maximum Gasteiger partial charge on any atom is 0.193 e. The number of nitrogens with zero attached hydrogens (tertiary/aromatic N) is 1. The van der Waals surface area contributed by atoms with Gasteiger partial charge in [0.2, 0.25) is 0 Å². The highest BCUT2D eigenvalue weighted by Gasteiger charge is 2.08. The largest absolute Gasteiger partial charge is 0.495 e. The first kappa shape index (κ1) is 21.3. The molecule has 5 nitrogen and oxygen atoms in total. The summed E-state index contributed by atoms with van der Waals surface area (Å²) in [5, 5.41) is 3.39. The highest BCUT2D eigenvalue weighted by molar-refractivity contribution is 14.0. The van der Waals surface area contributed by atoms with Gasteiger partial charge in [-0.05, 0) is 37.3 Å². The molecule has 0 aliphatic heterocycles. The van der Waals surface area contributed by atoms with Crippen LogP contribution in [0.4, 0.5) is 10.1 Å². The van der Waals surface area contributed by atoms with E-state index >= 15 is 0 Å². The van der Waals surface area contributed by atoms with E-state index in [0.717, 1.165) is 0 Å². The van der Waals surface area contributed by atoms with Crippen LogP contribution in [0.5, 0.6) is 11.5 Å². The molecule has 25 heavy (non-hydrogen) atoms. The van der Waals surface area contributed by atoms with Gasteiger partial charge >= 0.3 is 0 Å². The quantitative estimate of drug-likeness (QED) is 0.368. The molecule has 0 amide bonds. The van der Waals surface area contributed by atoms with Crippen molar-refractivity contribution in [1.82, 2.24) is 0 Å². The predicted octanol–water partition coefficient (Wildman–Crippen LogP) is 4.30. The van der Waals surface area contributed by atoms with Crippen molar-refractivity contribution >= 4 is 47.2 Å². The first-order valence-electron chi connectivity index (χ1n) is 7.31. The van der Waals surface area contributed by atoms with E-state index in [-0.39, 0.29) is 48.3 Å². The van der Waals surface area contributed by atoms with E-state index in [1.54, 1.807) is 50.4 Å². The van der Waals surface area contributed by atoms with Crippen molar-refractivity contribution in [3.8, 4) is 11.5 Å². The van der Waals surface area contributed by atoms with Crippen molar-refractivity contribution in [2.75, 3.05) is 19.0 Å². The molecular formula is C17H20ClFIN3O2. The summed E-state index contributed by atoms with van der Waals surface area (Å²) in [7, 11) is 1.54. The van der Waals surface area contributed by atoms with E-state index in [9.17, 15) is 4.39 Å². The van der Waals surface area contributed by atoms with Gasteiger partial charge in [0.05, 0.1) is 18.7 Å². The Labute approximate surface area is 168 Å². The molecule has 1 unspecified atom stereocenters. The average Bonchev–Trinajstić information content (AvgIpc) is 2.55. The fourth-order valence-electron chi connectivity index (χ4n) is 1.95. The molecule has 0 fully saturated rings. The number of hydrogen-bond donors (Lipinski definition) is 2. The molecule has 2 aromatic carbocycles. The van der Waals surface area contributed by atoms with E-state index < -0.39 is 5.82 Å². The van der Waals surface area contributed by atoms with Gasteiger partial charge in [0.25, 0.3) is 0 Å². The van der Waals surface area contributed by atoms with Crippen LogP contribution in [0.2, 0.25) is 5.02 Å². The van der Waals surface area contributed by atoms with Gasteiger partial charge in [-0.1, -0.05) is 23.7 Å². The molecule has 0 heterocycles. The van der Waals surface area contributed by atoms with Gasteiger partial charge < -0.3 is 20.5 Å². The Morgan fingerprint density at radius 3 is 2.64 bits per heavy atom. The Kier molecular flexibility index (Phi) is 8.77. The number of aliphatic imine (C=N–C) groups is 1. The molecule has 0 bridgehead atoms. The van der Waals surface area contributed by atoms with Crippen LogP contribution in [-0.2, 0) is 0 Å². The molecule has 0 aliphatic rings. The molecule has 0 saturated heterocycles. The Balaban J connectivity index is 0.00000312. The van der Waals surface area contributed by atoms with Gasteiger partial charge in [-0.15, -0.1) is 24.0 Å². The zero-order valence-corrected chi connectivity index (χ0v) is 16.9. The van der Waals surface area contributed by atoms with Crippen molar-refractivity contribution in [3.63, 3.8) is 0 Å². The third-order valence-corrected chi connectivity index (χ3v) is 3.40. The Morgan fingerprint density at radius 2 is 2.00 bits per heavy atom. The summed E-state index contributed by atoms with van der Waals surface area (Å²) in [5.74, 6) is 0.561. The highest BCUT2D eigenvalue weighted by atomic mass is 127. The number of para-hydroxylation sites is 1. The summed E-state index contributed by atoms with van der Waals surface area (Å²) in [6, 6.07) is 11.4. The summed E-state index contributed by atoms with van der Waals surface area (Å²) in [6.07, 6.45) is -0.332. The van der Waals surface area contributed by atoms with Crippen LogP contribution in [-0.4, -0.2) is 25.7 Å². The average molecular weight is 480 g/mol. The first-order chi connectivity index (χ1) is 11.5. The molecule has 0 aromatic heterocycles. The second-order valence-electron chi connectivity index (χ2n) is 5.06. The van der Waals surface area contributed by atoms with Gasteiger partial charge in [0, 0.05) is 5.69 Å². The number of benzene rings is 2. The lowest BCUT2D eigenvalue weighted by Crippen LogP contribution is -2.25. The molecule has 0 aliphatic carbocycles. The molecule has 0 saturated carbocycles. The zero-order chi connectivity index (χ0) is 17.5. The van der Waals surface area contributed by atoms with Crippen LogP contribution in [0.3, 0.4) is 0 Å². The van der Waals surface area contributed by atoms with Crippen LogP contribution < -0.4 is 20.5 Å². The topological polar surface area (TPSA) is 68.9 Å². The minimum Gasteiger partial charge on any atom is -0.495 e. The van der Waals surface area contributed by atoms with Crippen LogP contribution in [0.25, 0.3) is 0 Å². The van der Waals surface area contributed by atoms with Crippen LogP contribution in [0.15, 0.2) is 47.5 Å². The normalized spacial score (nSPS) is 12.1. The van der Waals surface area contributed by atoms with Gasteiger partial charge in [0.15, 0.2) is 17.5 Å². The lowest BCUT2D eigenvalue weighted by Gasteiger charge is -2.14. The van der Waals surface area contributed by atoms with Crippen molar-refractivity contribution in [1.29, 1.82) is 0 Å². The molecule has 8 heteroatoms. The number of guanidine groups is 1. The Morgan fingerprint density at radius 1 is 1.28 bits per heavy atom. The van der Waals surface area contributed by atoms with E-state index in [1.807, 2.05) is 0 Å².